The van der Waals surface area contributed by atoms with E-state index in [2.05, 4.69) is 62.1 Å². The average Bonchev–Trinajstić information content (AvgIpc) is 3.28. The molecule has 2 aromatic carbocycles. The number of unbranched alkanes of at least 4 members (excludes halogenated alkanes) is 2. The molecule has 0 amide bonds. The van der Waals surface area contributed by atoms with Crippen LogP contribution in [-0.2, 0) is 19.3 Å². The van der Waals surface area contributed by atoms with Crippen LogP contribution in [0.4, 0.5) is 0 Å². The molecule has 1 aliphatic rings. The summed E-state index contributed by atoms with van der Waals surface area (Å²) in [6, 6.07) is 13.4. The van der Waals surface area contributed by atoms with Gasteiger partial charge < -0.3 is 9.64 Å². The molecular formula is C27H39NO. The van der Waals surface area contributed by atoms with Crippen molar-refractivity contribution >= 4 is 0 Å². The van der Waals surface area contributed by atoms with Crippen molar-refractivity contribution in [1.29, 1.82) is 0 Å². The topological polar surface area (TPSA) is 12.5 Å². The van der Waals surface area contributed by atoms with Crippen LogP contribution in [0.2, 0.25) is 0 Å². The van der Waals surface area contributed by atoms with E-state index in [-0.39, 0.29) is 0 Å². The van der Waals surface area contributed by atoms with Crippen molar-refractivity contribution in [2.75, 3.05) is 26.2 Å². The summed E-state index contributed by atoms with van der Waals surface area (Å²) in [5.74, 6) is 0.998. The van der Waals surface area contributed by atoms with Gasteiger partial charge in [-0.1, -0.05) is 45.0 Å². The Kier molecular flexibility index (Phi) is 8.61. The number of rotatable bonds is 11. The van der Waals surface area contributed by atoms with Crippen molar-refractivity contribution in [2.24, 2.45) is 0 Å². The molecule has 0 bridgehead atoms. The van der Waals surface area contributed by atoms with Crippen molar-refractivity contribution in [3.63, 3.8) is 0 Å². The normalized spacial score (nSPS) is 14.4. The molecule has 0 N–H and O–H groups in total. The molecule has 0 aliphatic carbocycles. The molecular weight excluding hydrogens is 354 g/mol. The average molecular weight is 394 g/mol. The fourth-order valence-corrected chi connectivity index (χ4v) is 4.63. The quantitative estimate of drug-likeness (QED) is 0.395. The number of aryl methyl sites for hydroxylation is 2. The van der Waals surface area contributed by atoms with Gasteiger partial charge in [-0.2, -0.15) is 0 Å². The number of nitrogens with zero attached hydrogens (tertiary/aromatic N) is 1. The van der Waals surface area contributed by atoms with Gasteiger partial charge in [0.2, 0.25) is 0 Å². The minimum absolute atomic E-state index is 0.818. The first-order chi connectivity index (χ1) is 14.2. The summed E-state index contributed by atoms with van der Waals surface area (Å²) in [5.41, 5.74) is 7.12. The molecule has 2 heteroatoms. The molecule has 1 heterocycles. The van der Waals surface area contributed by atoms with Gasteiger partial charge in [0.1, 0.15) is 5.75 Å². The number of ether oxygens (including phenoxy) is 1. The van der Waals surface area contributed by atoms with Gasteiger partial charge in [0, 0.05) is 0 Å². The molecule has 0 atom stereocenters. The van der Waals surface area contributed by atoms with Crippen LogP contribution in [0.5, 0.6) is 5.75 Å². The predicted octanol–water partition coefficient (Wildman–Crippen LogP) is 6.69. The number of hydrogen-bond donors (Lipinski definition) is 0. The third kappa shape index (κ3) is 6.09. The molecule has 3 rings (SSSR count). The summed E-state index contributed by atoms with van der Waals surface area (Å²) >= 11 is 0. The van der Waals surface area contributed by atoms with E-state index in [1.165, 1.54) is 67.6 Å². The van der Waals surface area contributed by atoms with E-state index in [0.717, 1.165) is 38.0 Å². The van der Waals surface area contributed by atoms with E-state index in [0.29, 0.717) is 0 Å². The smallest absolute Gasteiger partial charge is 0.119 e. The highest BCUT2D eigenvalue weighted by molar-refractivity contribution is 5.68. The Morgan fingerprint density at radius 1 is 0.793 bits per heavy atom. The largest absolute Gasteiger partial charge is 0.494 e. The van der Waals surface area contributed by atoms with Gasteiger partial charge in [-0.25, -0.2) is 0 Å². The van der Waals surface area contributed by atoms with Gasteiger partial charge >= 0.3 is 0 Å². The zero-order chi connectivity index (χ0) is 20.5. The number of hydrogen-bond acceptors (Lipinski definition) is 2. The lowest BCUT2D eigenvalue weighted by molar-refractivity contribution is 0.290. The van der Waals surface area contributed by atoms with E-state index < -0.39 is 0 Å². The molecule has 0 saturated carbocycles. The molecule has 1 saturated heterocycles. The van der Waals surface area contributed by atoms with Gasteiger partial charge in [-0.05, 0) is 111 Å². The first kappa shape index (κ1) is 21.9. The van der Waals surface area contributed by atoms with Gasteiger partial charge in [0.15, 0.2) is 0 Å². The lowest BCUT2D eigenvalue weighted by Crippen LogP contribution is -2.20. The molecule has 1 aliphatic heterocycles. The predicted molar refractivity (Wildman–Crippen MR) is 125 cm³/mol. The van der Waals surface area contributed by atoms with Gasteiger partial charge in [-0.15, -0.1) is 0 Å². The highest BCUT2D eigenvalue weighted by Crippen LogP contribution is 2.29. The van der Waals surface area contributed by atoms with Crippen LogP contribution in [0.15, 0.2) is 36.4 Å². The Hall–Kier alpha value is -1.80. The zero-order valence-electron chi connectivity index (χ0n) is 18.8. The summed E-state index contributed by atoms with van der Waals surface area (Å²) in [7, 11) is 0. The number of likely N-dealkylation sites (tertiary alicyclic amines) is 1. The van der Waals surface area contributed by atoms with E-state index in [1.807, 2.05) is 0 Å². The Morgan fingerprint density at radius 2 is 1.52 bits per heavy atom. The van der Waals surface area contributed by atoms with Crippen LogP contribution in [0.25, 0.3) is 11.1 Å². The minimum Gasteiger partial charge on any atom is -0.494 e. The van der Waals surface area contributed by atoms with E-state index in [4.69, 9.17) is 4.74 Å². The summed E-state index contributed by atoms with van der Waals surface area (Å²) < 4.78 is 6.08. The zero-order valence-corrected chi connectivity index (χ0v) is 18.8. The first-order valence-electron chi connectivity index (χ1n) is 11.8. The van der Waals surface area contributed by atoms with Crippen LogP contribution >= 0.6 is 0 Å². The fraction of sp³-hybridized carbons (Fsp3) is 0.556. The van der Waals surface area contributed by atoms with E-state index >= 15 is 0 Å². The summed E-state index contributed by atoms with van der Waals surface area (Å²) in [6.45, 7) is 11.5. The molecule has 2 aromatic rings. The van der Waals surface area contributed by atoms with Crippen LogP contribution in [0, 0.1) is 0 Å². The number of benzene rings is 2. The molecule has 0 unspecified atom stereocenters. The van der Waals surface area contributed by atoms with Crippen LogP contribution in [0.1, 0.15) is 69.6 Å². The standard InChI is InChI=1S/C27H39NO/c1-4-22-19-25(20-23(5-2)27(22)6-3)24-13-12-14-26(21-24)29-18-11-7-8-15-28-16-9-10-17-28/h12-14,19-21H,4-11,15-18H2,1-3H3. The summed E-state index contributed by atoms with van der Waals surface area (Å²) in [6.07, 6.45) is 9.79. The Morgan fingerprint density at radius 3 is 2.17 bits per heavy atom. The maximum Gasteiger partial charge on any atom is 0.119 e. The first-order valence-corrected chi connectivity index (χ1v) is 11.8. The molecule has 2 nitrogen and oxygen atoms in total. The SMILES string of the molecule is CCc1cc(-c2cccc(OCCCCCN3CCCC3)c2)cc(CC)c1CC. The second kappa shape index (κ2) is 11.4. The monoisotopic (exact) mass is 393 g/mol. The molecule has 29 heavy (non-hydrogen) atoms. The van der Waals surface area contributed by atoms with Crippen LogP contribution in [-0.4, -0.2) is 31.1 Å². The van der Waals surface area contributed by atoms with E-state index in [9.17, 15) is 0 Å². The van der Waals surface area contributed by atoms with Crippen molar-refractivity contribution in [3.8, 4) is 16.9 Å². The third-order valence-electron chi connectivity index (χ3n) is 6.30. The Labute approximate surface area is 178 Å². The van der Waals surface area contributed by atoms with E-state index in [1.54, 1.807) is 5.56 Å². The van der Waals surface area contributed by atoms with Crippen molar-refractivity contribution in [1.82, 2.24) is 4.90 Å². The molecule has 0 spiro atoms. The molecule has 0 aromatic heterocycles. The van der Waals surface area contributed by atoms with Crippen LogP contribution < -0.4 is 4.74 Å². The lowest BCUT2D eigenvalue weighted by Gasteiger charge is -2.16. The fourth-order valence-electron chi connectivity index (χ4n) is 4.63. The van der Waals surface area contributed by atoms with Crippen molar-refractivity contribution < 1.29 is 4.74 Å². The van der Waals surface area contributed by atoms with Crippen molar-refractivity contribution in [2.45, 2.75) is 72.1 Å². The lowest BCUT2D eigenvalue weighted by atomic mass is 9.90. The highest BCUT2D eigenvalue weighted by Gasteiger charge is 2.11. The van der Waals surface area contributed by atoms with Gasteiger partial charge in [-0.3, -0.25) is 0 Å². The van der Waals surface area contributed by atoms with Crippen LogP contribution in [0.3, 0.4) is 0 Å². The summed E-state index contributed by atoms with van der Waals surface area (Å²) in [5, 5.41) is 0. The summed E-state index contributed by atoms with van der Waals surface area (Å²) in [4.78, 5) is 2.60. The third-order valence-corrected chi connectivity index (χ3v) is 6.30. The van der Waals surface area contributed by atoms with Crippen molar-refractivity contribution in [3.05, 3.63) is 53.1 Å². The molecule has 0 radical (unpaired) electrons. The second-order valence-corrected chi connectivity index (χ2v) is 8.32. The molecule has 158 valence electrons. The highest BCUT2D eigenvalue weighted by atomic mass is 16.5. The van der Waals surface area contributed by atoms with Gasteiger partial charge in [0.25, 0.3) is 0 Å². The van der Waals surface area contributed by atoms with Gasteiger partial charge in [0.05, 0.1) is 6.61 Å². The Bertz CT molecular complexity index is 736. The molecule has 1 fully saturated rings. The maximum atomic E-state index is 6.08. The maximum absolute atomic E-state index is 6.08. The minimum atomic E-state index is 0.818. The Balaban J connectivity index is 1.56. The second-order valence-electron chi connectivity index (χ2n) is 8.32.